The second-order valence-corrected chi connectivity index (χ2v) is 11.0. The minimum absolute atomic E-state index is 0.0187. The summed E-state index contributed by atoms with van der Waals surface area (Å²) < 4.78 is 28.3. The quantitative estimate of drug-likeness (QED) is 0.242. The number of allylic oxidation sites excluding steroid dienone is 1. The molecule has 1 aliphatic rings. The van der Waals surface area contributed by atoms with E-state index in [1.165, 1.54) is 17.7 Å². The average Bonchev–Trinajstić information content (AvgIpc) is 2.95. The van der Waals surface area contributed by atoms with E-state index in [0.717, 1.165) is 30.2 Å². The molecule has 2 aromatic carbocycles. The summed E-state index contributed by atoms with van der Waals surface area (Å²) in [7, 11) is 0. The van der Waals surface area contributed by atoms with Crippen molar-refractivity contribution in [1.29, 1.82) is 0 Å². The molecule has 3 rings (SSSR count). The smallest absolute Gasteiger partial charge is 0.253 e. The Bertz CT molecular complexity index is 1290. The molecule has 0 saturated heterocycles. The van der Waals surface area contributed by atoms with Crippen LogP contribution in [-0.4, -0.2) is 52.7 Å². The molecule has 3 atom stereocenters. The van der Waals surface area contributed by atoms with Gasteiger partial charge in [-0.15, -0.1) is 0 Å². The normalized spacial score (nSPS) is 18.1. The number of nitrogens with one attached hydrogen (secondary N) is 1. The summed E-state index contributed by atoms with van der Waals surface area (Å²) in [6, 6.07) is 11.1. The fourth-order valence-corrected chi connectivity index (χ4v) is 5.72. The lowest BCUT2D eigenvalue weighted by Crippen LogP contribution is -2.51. The summed E-state index contributed by atoms with van der Waals surface area (Å²) in [6.07, 6.45) is 3.41. The predicted molar refractivity (Wildman–Crippen MR) is 159 cm³/mol. The van der Waals surface area contributed by atoms with E-state index in [9.17, 15) is 28.6 Å². The van der Waals surface area contributed by atoms with Crippen LogP contribution in [0.5, 0.6) is 0 Å². The van der Waals surface area contributed by atoms with E-state index in [4.69, 9.17) is 5.73 Å². The maximum Gasteiger partial charge on any atom is 0.253 e. The summed E-state index contributed by atoms with van der Waals surface area (Å²) in [4.78, 5) is 28.5. The second-order valence-electron chi connectivity index (χ2n) is 11.0. The van der Waals surface area contributed by atoms with Crippen molar-refractivity contribution in [2.75, 3.05) is 19.6 Å². The molecule has 1 unspecified atom stereocenters. The van der Waals surface area contributed by atoms with Gasteiger partial charge in [-0.1, -0.05) is 51.1 Å². The van der Waals surface area contributed by atoms with E-state index in [0.29, 0.717) is 32.5 Å². The van der Waals surface area contributed by atoms with Crippen LogP contribution in [0.2, 0.25) is 0 Å². The van der Waals surface area contributed by atoms with E-state index in [1.54, 1.807) is 4.90 Å². The van der Waals surface area contributed by atoms with E-state index in [1.807, 2.05) is 32.0 Å². The van der Waals surface area contributed by atoms with Gasteiger partial charge in [0.2, 0.25) is 5.91 Å². The lowest BCUT2D eigenvalue weighted by atomic mass is 9.64. The van der Waals surface area contributed by atoms with Crippen LogP contribution in [0.3, 0.4) is 0 Å². The zero-order chi connectivity index (χ0) is 30.9. The van der Waals surface area contributed by atoms with Crippen molar-refractivity contribution in [2.24, 2.45) is 17.1 Å². The zero-order valence-corrected chi connectivity index (χ0v) is 24.7. The Morgan fingerprint density at radius 1 is 1.02 bits per heavy atom. The van der Waals surface area contributed by atoms with Crippen LogP contribution in [0.25, 0.3) is 0 Å². The number of halogens is 2. The highest BCUT2D eigenvalue weighted by molar-refractivity contribution is 5.97. The van der Waals surface area contributed by atoms with E-state index in [2.05, 4.69) is 18.3 Å². The molecule has 0 heterocycles. The molecular weight excluding hydrogens is 540 g/mol. The number of carbonyl (C=O) groups excluding carboxylic acids is 2. The van der Waals surface area contributed by atoms with Crippen molar-refractivity contribution >= 4 is 11.8 Å². The Morgan fingerprint density at radius 2 is 1.67 bits per heavy atom. The maximum absolute atomic E-state index is 14.2. The van der Waals surface area contributed by atoms with Gasteiger partial charge in [0.05, 0.1) is 17.1 Å². The van der Waals surface area contributed by atoms with Crippen molar-refractivity contribution in [1.82, 2.24) is 10.2 Å². The third kappa shape index (κ3) is 8.04. The van der Waals surface area contributed by atoms with Crippen molar-refractivity contribution in [3.05, 3.63) is 94.3 Å². The molecular formula is C33H43F2N3O4. The lowest BCUT2D eigenvalue weighted by Gasteiger charge is -2.41. The number of aliphatic hydroxyl groups excluding tert-OH is 2. The summed E-state index contributed by atoms with van der Waals surface area (Å²) in [5, 5.41) is 25.5. The van der Waals surface area contributed by atoms with Crippen LogP contribution in [0.15, 0.2) is 65.9 Å². The first kappa shape index (κ1) is 32.9. The highest BCUT2D eigenvalue weighted by Crippen LogP contribution is 2.44. The molecule has 0 radical (unpaired) electrons. The van der Waals surface area contributed by atoms with Gasteiger partial charge in [-0.3, -0.25) is 9.59 Å². The van der Waals surface area contributed by atoms with Gasteiger partial charge in [0.1, 0.15) is 17.4 Å². The van der Waals surface area contributed by atoms with Crippen LogP contribution in [0, 0.1) is 23.0 Å². The molecule has 7 nitrogen and oxygen atoms in total. The Morgan fingerprint density at radius 3 is 2.26 bits per heavy atom. The first-order valence-electron chi connectivity index (χ1n) is 14.7. The zero-order valence-electron chi connectivity index (χ0n) is 24.7. The second kappa shape index (κ2) is 15.1. The number of aliphatic hydroxyl groups is 2. The fraction of sp³-hybridized carbons (Fsp3) is 0.455. The Kier molecular flexibility index (Phi) is 11.8. The summed E-state index contributed by atoms with van der Waals surface area (Å²) in [5.41, 5.74) is 6.82. The number of amides is 2. The Hall–Kier alpha value is -3.56. The molecule has 0 fully saturated rings. The van der Waals surface area contributed by atoms with Gasteiger partial charge in [-0.25, -0.2) is 8.78 Å². The predicted octanol–water partition coefficient (Wildman–Crippen LogP) is 4.73. The van der Waals surface area contributed by atoms with Gasteiger partial charge in [0.25, 0.3) is 5.91 Å². The molecule has 2 amide bonds. The average molecular weight is 584 g/mol. The van der Waals surface area contributed by atoms with Crippen LogP contribution in [-0.2, 0) is 29.0 Å². The maximum atomic E-state index is 14.2. The van der Waals surface area contributed by atoms with Crippen molar-refractivity contribution < 1.29 is 28.6 Å². The molecule has 9 heteroatoms. The van der Waals surface area contributed by atoms with E-state index >= 15 is 0 Å². The number of nitrogens with zero attached hydrogens (tertiary/aromatic N) is 1. The molecule has 0 saturated carbocycles. The number of rotatable bonds is 15. The molecule has 0 aromatic heterocycles. The number of carbonyl (C=O) groups is 2. The van der Waals surface area contributed by atoms with Gasteiger partial charge in [-0.2, -0.15) is 0 Å². The first-order valence-corrected chi connectivity index (χ1v) is 14.7. The molecule has 42 heavy (non-hydrogen) atoms. The number of hydrogen-bond donors (Lipinski definition) is 4. The molecule has 5 N–H and O–H groups in total. The van der Waals surface area contributed by atoms with E-state index < -0.39 is 40.9 Å². The van der Waals surface area contributed by atoms with Gasteiger partial charge < -0.3 is 26.2 Å². The molecule has 1 aliphatic carbocycles. The highest BCUT2D eigenvalue weighted by Gasteiger charge is 2.49. The van der Waals surface area contributed by atoms with Crippen LogP contribution < -0.4 is 11.1 Å². The van der Waals surface area contributed by atoms with Gasteiger partial charge in [-0.05, 0) is 67.0 Å². The third-order valence-corrected chi connectivity index (χ3v) is 7.89. The summed E-state index contributed by atoms with van der Waals surface area (Å²) >= 11 is 0. The fourth-order valence-electron chi connectivity index (χ4n) is 5.72. The third-order valence-electron chi connectivity index (χ3n) is 7.89. The van der Waals surface area contributed by atoms with Crippen LogP contribution in [0.4, 0.5) is 8.78 Å². The topological polar surface area (TPSA) is 116 Å². The molecule has 0 spiro atoms. The van der Waals surface area contributed by atoms with Crippen molar-refractivity contribution in [2.45, 2.75) is 65.5 Å². The van der Waals surface area contributed by atoms with Crippen LogP contribution in [0.1, 0.15) is 56.7 Å². The van der Waals surface area contributed by atoms with Gasteiger partial charge >= 0.3 is 0 Å². The minimum Gasteiger partial charge on any atom is -0.507 e. The summed E-state index contributed by atoms with van der Waals surface area (Å²) in [6.45, 7) is 7.36. The number of benzene rings is 2. The Balaban J connectivity index is 1.97. The largest absolute Gasteiger partial charge is 0.507 e. The number of primary amides is 1. The summed E-state index contributed by atoms with van der Waals surface area (Å²) in [5.74, 6) is -4.06. The molecule has 0 bridgehead atoms. The molecule has 2 aromatic rings. The van der Waals surface area contributed by atoms with Gasteiger partial charge in [0, 0.05) is 38.2 Å². The van der Waals surface area contributed by atoms with Crippen molar-refractivity contribution in [3.8, 4) is 0 Å². The molecule has 228 valence electrons. The first-order chi connectivity index (χ1) is 20.0. The Labute approximate surface area is 247 Å². The number of nitrogens with two attached hydrogens (primary N) is 1. The van der Waals surface area contributed by atoms with E-state index in [-0.39, 0.29) is 36.3 Å². The lowest BCUT2D eigenvalue weighted by molar-refractivity contribution is -0.132. The highest BCUT2D eigenvalue weighted by atomic mass is 19.1. The minimum atomic E-state index is -1.62. The number of aryl methyl sites for hydroxylation is 1. The molecule has 0 aliphatic heterocycles. The van der Waals surface area contributed by atoms with Gasteiger partial charge in [0.15, 0.2) is 0 Å². The number of hydrogen-bond acceptors (Lipinski definition) is 5. The standard InChI is InChI=1S/C33H43F2N3O4/c1-4-12-38(13-5-2)31(41)27-19-33(32(36)42,11-10-29(27)39)28(17-24-15-25(34)18-26(35)16-24)30(40)21-37-20-23-9-7-8-22(6-3)14-23/h7-11,14-16,18,28,30,37,39-40H,4-6,12-13,17,19-21H2,1-3H3,(H2,36,42)/t28-,30+,33?/m1/s1. The monoisotopic (exact) mass is 583 g/mol. The van der Waals surface area contributed by atoms with Crippen LogP contribution >= 0.6 is 0 Å². The SMILES string of the molecule is CCCN(CCC)C(=O)C1=C(O)C=CC(C(N)=O)([C@H](Cc2cc(F)cc(F)c2)[C@@H](O)CNCc2cccc(CC)c2)C1. The van der Waals surface area contributed by atoms with Crippen molar-refractivity contribution in [3.63, 3.8) is 0 Å².